The molecular weight excluding hydrogens is 419 g/mol. The van der Waals surface area contributed by atoms with Crippen molar-refractivity contribution in [1.29, 1.82) is 0 Å². The van der Waals surface area contributed by atoms with Crippen LogP contribution in [0, 0.1) is 0 Å². The van der Waals surface area contributed by atoms with Gasteiger partial charge in [-0.05, 0) is 38.5 Å². The highest BCUT2D eigenvalue weighted by atomic mass is 19.1. The van der Waals surface area contributed by atoms with E-state index in [1.165, 1.54) is 0 Å². The Morgan fingerprint density at radius 1 is 0.562 bits per heavy atom. The summed E-state index contributed by atoms with van der Waals surface area (Å²) in [5.74, 6) is 1.82. The molecule has 14 heteroatoms. The number of unbranched alkanes of at least 4 members (excludes halogenated alkanes) is 3. The number of aliphatic hydroxyl groups excluding tert-OH is 1. The molecule has 2 heterocycles. The number of nitrogens with two attached hydrogens (primary N) is 2. The second-order valence-corrected chi connectivity index (χ2v) is 6.92. The molecule has 0 saturated heterocycles. The third-order valence-electron chi connectivity index (χ3n) is 4.19. The Morgan fingerprint density at radius 3 is 1.34 bits per heavy atom. The average molecular weight is 453 g/mol. The van der Waals surface area contributed by atoms with Gasteiger partial charge in [0.2, 0.25) is 35.7 Å². The number of nitrogen functional groups attached to an aromatic ring is 2. The van der Waals surface area contributed by atoms with Gasteiger partial charge in [0.25, 0.3) is 0 Å². The third-order valence-corrected chi connectivity index (χ3v) is 4.19. The first-order chi connectivity index (χ1) is 15.6. The van der Waals surface area contributed by atoms with Gasteiger partial charge in [0.15, 0.2) is 0 Å². The first kappa shape index (κ1) is 25.0. The minimum Gasteiger partial charge on any atom is -0.396 e. The maximum Gasteiger partial charge on any atom is 0.229 e. The van der Waals surface area contributed by atoms with Gasteiger partial charge in [-0.1, -0.05) is 0 Å². The van der Waals surface area contributed by atoms with Crippen LogP contribution in [0.1, 0.15) is 38.5 Å². The molecular formula is C18H33FN12O. The summed E-state index contributed by atoms with van der Waals surface area (Å²) in [6, 6.07) is 0. The van der Waals surface area contributed by atoms with Crippen molar-refractivity contribution in [3.8, 4) is 0 Å². The quantitative estimate of drug-likeness (QED) is 0.167. The molecule has 9 N–H and O–H groups in total. The van der Waals surface area contributed by atoms with Crippen molar-refractivity contribution in [2.24, 2.45) is 0 Å². The predicted octanol–water partition coefficient (Wildman–Crippen LogP) is 0.871. The summed E-state index contributed by atoms with van der Waals surface area (Å²) in [7, 11) is 0. The summed E-state index contributed by atoms with van der Waals surface area (Å²) in [6.45, 7) is 2.32. The molecule has 0 aliphatic carbocycles. The zero-order valence-corrected chi connectivity index (χ0v) is 18.1. The number of aliphatic hydroxyl groups is 1. The topological polar surface area (TPSA) is 198 Å². The Bertz CT molecular complexity index is 746. The number of alkyl halides is 1. The van der Waals surface area contributed by atoms with E-state index in [0.717, 1.165) is 19.3 Å². The highest BCUT2D eigenvalue weighted by molar-refractivity contribution is 5.42. The number of hydrogen-bond donors (Lipinski definition) is 7. The van der Waals surface area contributed by atoms with Gasteiger partial charge in [-0.2, -0.15) is 29.9 Å². The summed E-state index contributed by atoms with van der Waals surface area (Å²) in [5, 5.41) is 21.4. The maximum atomic E-state index is 12.3. The Balaban J connectivity index is 1.79. The SMILES string of the molecule is Nc1nc(N)nc(NCCCCNc2nc(NCCCCO)nc(NCCCCF)n2)n1. The molecule has 2 rings (SSSR count). The smallest absolute Gasteiger partial charge is 0.229 e. The fourth-order valence-electron chi connectivity index (χ4n) is 2.61. The lowest BCUT2D eigenvalue weighted by Crippen LogP contribution is -2.15. The molecule has 32 heavy (non-hydrogen) atoms. The molecule has 0 unspecified atom stereocenters. The molecule has 178 valence electrons. The van der Waals surface area contributed by atoms with E-state index in [4.69, 9.17) is 16.6 Å². The van der Waals surface area contributed by atoms with Gasteiger partial charge in [0.05, 0.1) is 6.67 Å². The number of anilines is 6. The normalized spacial score (nSPS) is 10.7. The van der Waals surface area contributed by atoms with Crippen molar-refractivity contribution in [2.45, 2.75) is 38.5 Å². The van der Waals surface area contributed by atoms with Crippen molar-refractivity contribution in [2.75, 3.05) is 72.2 Å². The van der Waals surface area contributed by atoms with Crippen LogP contribution in [-0.2, 0) is 0 Å². The zero-order valence-electron chi connectivity index (χ0n) is 18.1. The Morgan fingerprint density at radius 2 is 0.938 bits per heavy atom. The standard InChI is InChI=1S/C18H33FN12O/c19-7-1-2-8-23-16-29-17(31-18(30-16)25-11-5-6-12-32)24-10-4-3-9-22-15-27-13(20)26-14(21)28-15/h32H,1-12H2,(H5,20,21,22,26,27,28)(H3,23,24,25,29,30,31). The number of nitrogens with one attached hydrogen (secondary N) is 4. The van der Waals surface area contributed by atoms with E-state index in [0.29, 0.717) is 69.2 Å². The fraction of sp³-hybridized carbons (Fsp3) is 0.667. The zero-order chi connectivity index (χ0) is 23.0. The van der Waals surface area contributed by atoms with E-state index < -0.39 is 0 Å². The van der Waals surface area contributed by atoms with Crippen LogP contribution in [0.3, 0.4) is 0 Å². The van der Waals surface area contributed by atoms with Gasteiger partial charge in [-0.3, -0.25) is 4.39 Å². The second-order valence-electron chi connectivity index (χ2n) is 6.92. The Hall–Kier alpha value is -3.29. The maximum absolute atomic E-state index is 12.3. The van der Waals surface area contributed by atoms with Crippen LogP contribution in [-0.4, -0.2) is 74.5 Å². The first-order valence-corrected chi connectivity index (χ1v) is 10.8. The van der Waals surface area contributed by atoms with Gasteiger partial charge < -0.3 is 37.8 Å². The van der Waals surface area contributed by atoms with Crippen LogP contribution < -0.4 is 32.7 Å². The highest BCUT2D eigenvalue weighted by Gasteiger charge is 2.06. The summed E-state index contributed by atoms with van der Waals surface area (Å²) < 4.78 is 12.3. The lowest BCUT2D eigenvalue weighted by Gasteiger charge is -2.11. The van der Waals surface area contributed by atoms with E-state index in [2.05, 4.69) is 51.2 Å². The van der Waals surface area contributed by atoms with Gasteiger partial charge in [0.1, 0.15) is 0 Å². The average Bonchev–Trinajstić information content (AvgIpc) is 2.76. The fourth-order valence-corrected chi connectivity index (χ4v) is 2.61. The van der Waals surface area contributed by atoms with Crippen molar-refractivity contribution >= 4 is 35.7 Å². The van der Waals surface area contributed by atoms with Crippen LogP contribution in [0.2, 0.25) is 0 Å². The summed E-state index contributed by atoms with van der Waals surface area (Å²) in [6.07, 6.45) is 4.37. The number of rotatable bonds is 17. The molecule has 0 aliphatic rings. The van der Waals surface area contributed by atoms with E-state index >= 15 is 0 Å². The lowest BCUT2D eigenvalue weighted by atomic mass is 10.3. The van der Waals surface area contributed by atoms with Gasteiger partial charge in [0, 0.05) is 32.8 Å². The molecule has 0 atom stereocenters. The van der Waals surface area contributed by atoms with Crippen LogP contribution in [0.15, 0.2) is 0 Å². The minimum absolute atomic E-state index is 0.0754. The van der Waals surface area contributed by atoms with Crippen LogP contribution in [0.4, 0.5) is 40.1 Å². The van der Waals surface area contributed by atoms with Crippen molar-refractivity contribution in [1.82, 2.24) is 29.9 Å². The monoisotopic (exact) mass is 452 g/mol. The van der Waals surface area contributed by atoms with E-state index in [-0.39, 0.29) is 25.2 Å². The first-order valence-electron chi connectivity index (χ1n) is 10.8. The van der Waals surface area contributed by atoms with Crippen molar-refractivity contribution < 1.29 is 9.50 Å². The second kappa shape index (κ2) is 14.7. The number of hydrogen-bond acceptors (Lipinski definition) is 13. The van der Waals surface area contributed by atoms with Crippen molar-refractivity contribution in [3.05, 3.63) is 0 Å². The van der Waals surface area contributed by atoms with E-state index in [1.807, 2.05) is 0 Å². The molecule has 2 aromatic rings. The molecule has 0 amide bonds. The molecule has 0 fully saturated rings. The molecule has 0 spiro atoms. The number of halogens is 1. The lowest BCUT2D eigenvalue weighted by molar-refractivity contribution is 0.286. The molecule has 13 nitrogen and oxygen atoms in total. The molecule has 0 aromatic carbocycles. The Kier molecular flexibility index (Phi) is 11.4. The highest BCUT2D eigenvalue weighted by Crippen LogP contribution is 2.10. The van der Waals surface area contributed by atoms with Gasteiger partial charge >= 0.3 is 0 Å². The van der Waals surface area contributed by atoms with Gasteiger partial charge in [-0.25, -0.2) is 0 Å². The molecule has 0 aliphatic heterocycles. The van der Waals surface area contributed by atoms with Crippen molar-refractivity contribution in [3.63, 3.8) is 0 Å². The number of aromatic nitrogens is 6. The van der Waals surface area contributed by atoms with Crippen LogP contribution in [0.25, 0.3) is 0 Å². The van der Waals surface area contributed by atoms with Gasteiger partial charge in [-0.15, -0.1) is 0 Å². The molecule has 2 aromatic heterocycles. The van der Waals surface area contributed by atoms with Crippen LogP contribution >= 0.6 is 0 Å². The summed E-state index contributed by atoms with van der Waals surface area (Å²) in [5.41, 5.74) is 11.1. The van der Waals surface area contributed by atoms with Crippen LogP contribution in [0.5, 0.6) is 0 Å². The number of nitrogens with zero attached hydrogens (tertiary/aromatic N) is 6. The van der Waals surface area contributed by atoms with E-state index in [9.17, 15) is 4.39 Å². The predicted molar refractivity (Wildman–Crippen MR) is 123 cm³/mol. The molecule has 0 radical (unpaired) electrons. The van der Waals surface area contributed by atoms with E-state index in [1.54, 1.807) is 0 Å². The summed E-state index contributed by atoms with van der Waals surface area (Å²) in [4.78, 5) is 24.7. The Labute approximate surface area is 186 Å². The molecule has 0 saturated carbocycles. The summed E-state index contributed by atoms with van der Waals surface area (Å²) >= 11 is 0. The third kappa shape index (κ3) is 10.1. The molecule has 0 bridgehead atoms. The largest absolute Gasteiger partial charge is 0.396 e. The minimum atomic E-state index is -0.341.